The van der Waals surface area contributed by atoms with Gasteiger partial charge in [0.25, 0.3) is 0 Å². The first kappa shape index (κ1) is 38.5. The van der Waals surface area contributed by atoms with Crippen molar-refractivity contribution < 1.29 is 0 Å². The summed E-state index contributed by atoms with van der Waals surface area (Å²) in [5.41, 5.74) is 20.4. The third-order valence-corrected chi connectivity index (χ3v) is 14.8. The summed E-state index contributed by atoms with van der Waals surface area (Å²) >= 11 is 0. The summed E-state index contributed by atoms with van der Waals surface area (Å²) in [6, 6.07) is 97.3. The predicted octanol–water partition coefficient (Wildman–Crippen LogP) is 18.0. The van der Waals surface area contributed by atoms with Crippen LogP contribution in [0.5, 0.6) is 0 Å². The van der Waals surface area contributed by atoms with Crippen LogP contribution in [0.15, 0.2) is 261 Å². The van der Waals surface area contributed by atoms with E-state index in [1.807, 2.05) is 0 Å². The van der Waals surface area contributed by atoms with Crippen molar-refractivity contribution in [2.24, 2.45) is 0 Å². The second-order valence-corrected chi connectivity index (χ2v) is 18.3. The summed E-state index contributed by atoms with van der Waals surface area (Å²) in [5, 5.41) is 7.30. The fraction of sp³-hybridized carbons (Fsp3) is 0.0149. The van der Waals surface area contributed by atoms with Crippen molar-refractivity contribution in [3.05, 3.63) is 283 Å². The highest BCUT2D eigenvalue weighted by atomic mass is 15.1. The lowest BCUT2D eigenvalue weighted by Gasteiger charge is -2.34. The number of nitrogens with zero attached hydrogens (tertiary/aromatic N) is 1. The molecule has 1 spiro atoms. The van der Waals surface area contributed by atoms with Gasteiger partial charge in [0.15, 0.2) is 0 Å². The van der Waals surface area contributed by atoms with E-state index in [9.17, 15) is 0 Å². The summed E-state index contributed by atoms with van der Waals surface area (Å²) in [5.74, 6) is 0. The Morgan fingerprint density at radius 2 is 0.691 bits per heavy atom. The van der Waals surface area contributed by atoms with Crippen LogP contribution in [0.25, 0.3) is 88.0 Å². The van der Waals surface area contributed by atoms with Crippen LogP contribution >= 0.6 is 0 Å². The molecular formula is C67H43N. The summed E-state index contributed by atoms with van der Waals surface area (Å²) in [4.78, 5) is 2.61. The van der Waals surface area contributed by atoms with Gasteiger partial charge in [0.1, 0.15) is 0 Å². The standard InChI is InChI=1S/C67H43N/c1-3-20-44(21-4-1)47-40-48(45-22-5-2-6-23-45)42-50(41-47)68(66-60-33-12-10-28-53(60)52-27-9-11-32-59(52)65(66)58-34-19-25-46-24-7-8-26-51(46)58)49-38-39-57-56-31-15-18-37-63(56)67(64(57)43-49)61-35-16-13-29-54(61)55-30-14-17-36-62(55)67/h1-43H. The Bertz CT molecular complexity index is 3850. The molecule has 0 heterocycles. The minimum atomic E-state index is -0.508. The molecule has 1 heteroatoms. The van der Waals surface area contributed by atoms with E-state index in [1.54, 1.807) is 0 Å². The second kappa shape index (κ2) is 15.1. The van der Waals surface area contributed by atoms with Gasteiger partial charge in [-0.2, -0.15) is 0 Å². The van der Waals surface area contributed by atoms with Crippen molar-refractivity contribution >= 4 is 49.4 Å². The molecule has 0 atom stereocenters. The number of rotatable bonds is 6. The Morgan fingerprint density at radius 3 is 1.29 bits per heavy atom. The van der Waals surface area contributed by atoms with E-state index in [-0.39, 0.29) is 0 Å². The largest absolute Gasteiger partial charge is 0.309 e. The molecule has 2 aliphatic carbocycles. The third kappa shape index (κ3) is 5.57. The molecule has 2 aliphatic rings. The highest BCUT2D eigenvalue weighted by molar-refractivity contribution is 6.24. The van der Waals surface area contributed by atoms with E-state index in [1.165, 1.54) is 99.1 Å². The number of fused-ring (bicyclic) bond motifs is 14. The van der Waals surface area contributed by atoms with Gasteiger partial charge in [-0.1, -0.05) is 231 Å². The Hall–Kier alpha value is -8.78. The normalized spacial score (nSPS) is 12.8. The molecule has 0 radical (unpaired) electrons. The van der Waals surface area contributed by atoms with Crippen molar-refractivity contribution in [2.75, 3.05) is 4.90 Å². The van der Waals surface area contributed by atoms with Crippen LogP contribution in [0.1, 0.15) is 22.3 Å². The van der Waals surface area contributed by atoms with Gasteiger partial charge in [-0.05, 0) is 130 Å². The first-order valence-corrected chi connectivity index (χ1v) is 23.7. The fourth-order valence-electron chi connectivity index (χ4n) is 12.0. The van der Waals surface area contributed by atoms with Crippen molar-refractivity contribution in [3.8, 4) is 55.6 Å². The van der Waals surface area contributed by atoms with Crippen LogP contribution in [-0.2, 0) is 5.41 Å². The zero-order valence-electron chi connectivity index (χ0n) is 37.3. The summed E-state index contributed by atoms with van der Waals surface area (Å²) < 4.78 is 0. The van der Waals surface area contributed by atoms with Gasteiger partial charge in [-0.25, -0.2) is 0 Å². The maximum atomic E-state index is 2.61. The molecule has 0 saturated heterocycles. The Morgan fingerprint density at radius 1 is 0.250 bits per heavy atom. The number of benzene rings is 12. The van der Waals surface area contributed by atoms with Gasteiger partial charge in [0.2, 0.25) is 0 Å². The van der Waals surface area contributed by atoms with E-state index < -0.39 is 5.41 Å². The van der Waals surface area contributed by atoms with Crippen molar-refractivity contribution in [3.63, 3.8) is 0 Å². The lowest BCUT2D eigenvalue weighted by atomic mass is 9.70. The molecule has 1 nitrogen and oxygen atoms in total. The smallest absolute Gasteiger partial charge is 0.0726 e. The molecular weight excluding hydrogens is 819 g/mol. The first-order valence-electron chi connectivity index (χ1n) is 23.7. The molecule has 0 unspecified atom stereocenters. The van der Waals surface area contributed by atoms with Crippen LogP contribution in [0.3, 0.4) is 0 Å². The molecule has 12 aromatic carbocycles. The zero-order chi connectivity index (χ0) is 44.8. The Balaban J connectivity index is 1.16. The highest BCUT2D eigenvalue weighted by Gasteiger charge is 2.51. The fourth-order valence-corrected chi connectivity index (χ4v) is 12.0. The van der Waals surface area contributed by atoms with E-state index in [0.29, 0.717) is 0 Å². The minimum absolute atomic E-state index is 0.508. The Kier molecular flexibility index (Phi) is 8.57. The lowest BCUT2D eigenvalue weighted by Crippen LogP contribution is -2.26. The van der Waals surface area contributed by atoms with E-state index >= 15 is 0 Å². The van der Waals surface area contributed by atoms with E-state index in [4.69, 9.17) is 0 Å². The maximum Gasteiger partial charge on any atom is 0.0726 e. The average molecular weight is 862 g/mol. The molecule has 68 heavy (non-hydrogen) atoms. The molecule has 0 amide bonds. The molecule has 12 aromatic rings. The topological polar surface area (TPSA) is 3.24 Å². The zero-order valence-corrected chi connectivity index (χ0v) is 37.3. The van der Waals surface area contributed by atoms with Gasteiger partial charge in [0, 0.05) is 22.3 Å². The van der Waals surface area contributed by atoms with Gasteiger partial charge >= 0.3 is 0 Å². The number of hydrogen-bond donors (Lipinski definition) is 0. The number of anilines is 3. The predicted molar refractivity (Wildman–Crippen MR) is 286 cm³/mol. The molecule has 316 valence electrons. The molecule has 0 fully saturated rings. The van der Waals surface area contributed by atoms with Crippen LogP contribution in [-0.4, -0.2) is 0 Å². The molecule has 0 aromatic heterocycles. The quantitative estimate of drug-likeness (QED) is 0.151. The lowest BCUT2D eigenvalue weighted by molar-refractivity contribution is 0.793. The van der Waals surface area contributed by atoms with Crippen LogP contribution in [0.4, 0.5) is 17.1 Å². The number of hydrogen-bond acceptors (Lipinski definition) is 1. The van der Waals surface area contributed by atoms with Crippen LogP contribution < -0.4 is 4.90 Å². The van der Waals surface area contributed by atoms with Gasteiger partial charge in [-0.15, -0.1) is 0 Å². The Labute approximate surface area is 396 Å². The van der Waals surface area contributed by atoms with Crippen molar-refractivity contribution in [2.45, 2.75) is 5.41 Å². The molecule has 14 rings (SSSR count). The molecule has 0 bridgehead atoms. The van der Waals surface area contributed by atoms with Gasteiger partial charge in [0.05, 0.1) is 11.1 Å². The molecule has 0 saturated carbocycles. The SMILES string of the molecule is c1ccc(-c2cc(-c3ccccc3)cc(N(c3ccc4c(c3)C3(c5ccccc5-c5ccccc53)c3ccccc3-4)c3c(-c4cccc5ccccc45)c4ccccc4c4ccccc34)c2)cc1. The molecule has 0 N–H and O–H groups in total. The first-order chi connectivity index (χ1) is 33.8. The molecule has 0 aliphatic heterocycles. The van der Waals surface area contributed by atoms with Crippen molar-refractivity contribution in [1.82, 2.24) is 0 Å². The van der Waals surface area contributed by atoms with Crippen LogP contribution in [0, 0.1) is 0 Å². The highest BCUT2D eigenvalue weighted by Crippen LogP contribution is 2.64. The van der Waals surface area contributed by atoms with Gasteiger partial charge < -0.3 is 4.90 Å². The third-order valence-electron chi connectivity index (χ3n) is 14.8. The van der Waals surface area contributed by atoms with E-state index in [0.717, 1.165) is 28.2 Å². The maximum absolute atomic E-state index is 2.61. The van der Waals surface area contributed by atoms with Crippen LogP contribution in [0.2, 0.25) is 0 Å². The van der Waals surface area contributed by atoms with Crippen molar-refractivity contribution in [1.29, 1.82) is 0 Å². The average Bonchev–Trinajstić information content (AvgIpc) is 3.88. The van der Waals surface area contributed by atoms with E-state index in [2.05, 4.69) is 266 Å². The summed E-state index contributed by atoms with van der Waals surface area (Å²) in [7, 11) is 0. The monoisotopic (exact) mass is 861 g/mol. The minimum Gasteiger partial charge on any atom is -0.309 e. The second-order valence-electron chi connectivity index (χ2n) is 18.3. The summed E-state index contributed by atoms with van der Waals surface area (Å²) in [6.45, 7) is 0. The van der Waals surface area contributed by atoms with Gasteiger partial charge in [-0.3, -0.25) is 0 Å². The summed E-state index contributed by atoms with van der Waals surface area (Å²) in [6.07, 6.45) is 0.